The first-order valence-corrected chi connectivity index (χ1v) is 14.0. The van der Waals surface area contributed by atoms with E-state index >= 15 is 0 Å². The highest BCUT2D eigenvalue weighted by Gasteiger charge is 2.27. The standard InChI is InChI=1S/C24H34N4O4S2/c1-4-6-13-28(14-7-5-2)34(31,32)18-10-8-17(9-11-18)23(30)26-24-21(22(25)29)19-12-15-27(3)16-20(19)33-24/h8-11H,4-7,12-16H2,1-3H3,(H2,25,29)(H,26,30). The summed E-state index contributed by atoms with van der Waals surface area (Å²) in [5.41, 5.74) is 7.23. The van der Waals surface area contributed by atoms with E-state index in [0.29, 0.717) is 42.2 Å². The molecule has 0 unspecified atom stereocenters. The topological polar surface area (TPSA) is 113 Å². The van der Waals surface area contributed by atoms with Crippen molar-refractivity contribution in [3.05, 3.63) is 45.8 Å². The number of fused-ring (bicyclic) bond motifs is 1. The molecule has 186 valence electrons. The van der Waals surface area contributed by atoms with E-state index in [1.807, 2.05) is 20.9 Å². The first kappa shape index (κ1) is 26.3. The number of unbranched alkanes of at least 4 members (excludes halogenated alkanes) is 2. The largest absolute Gasteiger partial charge is 0.365 e. The number of nitrogens with two attached hydrogens (primary N) is 1. The Morgan fingerprint density at radius 2 is 1.74 bits per heavy atom. The monoisotopic (exact) mass is 506 g/mol. The van der Waals surface area contributed by atoms with Gasteiger partial charge in [0.2, 0.25) is 10.0 Å². The third-order valence-corrected chi connectivity index (χ3v) is 9.04. The highest BCUT2D eigenvalue weighted by Crippen LogP contribution is 2.36. The summed E-state index contributed by atoms with van der Waals surface area (Å²) < 4.78 is 27.8. The third-order valence-electron chi connectivity index (χ3n) is 6.00. The molecule has 8 nitrogen and oxygen atoms in total. The number of amides is 2. The Balaban J connectivity index is 1.80. The highest BCUT2D eigenvalue weighted by atomic mass is 32.2. The van der Waals surface area contributed by atoms with Gasteiger partial charge in [-0.25, -0.2) is 8.42 Å². The molecule has 2 amide bonds. The maximum Gasteiger partial charge on any atom is 0.256 e. The lowest BCUT2D eigenvalue weighted by Crippen LogP contribution is -2.33. The van der Waals surface area contributed by atoms with E-state index in [1.54, 1.807) is 0 Å². The summed E-state index contributed by atoms with van der Waals surface area (Å²) in [4.78, 5) is 28.4. The molecule has 0 fully saturated rings. The molecule has 0 bridgehead atoms. The number of hydrogen-bond donors (Lipinski definition) is 2. The van der Waals surface area contributed by atoms with Crippen LogP contribution in [0.2, 0.25) is 0 Å². The van der Waals surface area contributed by atoms with Crippen molar-refractivity contribution in [2.24, 2.45) is 5.73 Å². The predicted molar refractivity (Wildman–Crippen MR) is 136 cm³/mol. The van der Waals surface area contributed by atoms with Gasteiger partial charge in [-0.05, 0) is 56.1 Å². The average molecular weight is 507 g/mol. The van der Waals surface area contributed by atoms with Gasteiger partial charge in [0.05, 0.1) is 10.5 Å². The number of rotatable bonds is 11. The van der Waals surface area contributed by atoms with Crippen LogP contribution in [0.5, 0.6) is 0 Å². The molecule has 34 heavy (non-hydrogen) atoms. The van der Waals surface area contributed by atoms with E-state index in [-0.39, 0.29) is 4.90 Å². The zero-order valence-electron chi connectivity index (χ0n) is 20.1. The number of carbonyl (C=O) groups is 2. The molecule has 1 aromatic heterocycles. The fourth-order valence-corrected chi connectivity index (χ4v) is 6.85. The number of primary amides is 1. The number of carbonyl (C=O) groups excluding carboxylic acids is 2. The lowest BCUT2D eigenvalue weighted by atomic mass is 10.0. The lowest BCUT2D eigenvalue weighted by Gasteiger charge is -2.22. The van der Waals surface area contributed by atoms with Gasteiger partial charge in [0.15, 0.2) is 0 Å². The average Bonchev–Trinajstić information content (AvgIpc) is 3.16. The maximum atomic E-state index is 13.1. The van der Waals surface area contributed by atoms with Gasteiger partial charge < -0.3 is 16.0 Å². The molecule has 2 aromatic rings. The smallest absolute Gasteiger partial charge is 0.256 e. The van der Waals surface area contributed by atoms with Crippen molar-refractivity contribution in [3.8, 4) is 0 Å². The van der Waals surface area contributed by atoms with Crippen LogP contribution >= 0.6 is 11.3 Å². The van der Waals surface area contributed by atoms with E-state index in [4.69, 9.17) is 5.73 Å². The summed E-state index contributed by atoms with van der Waals surface area (Å²) in [5.74, 6) is -0.967. The number of thiophene rings is 1. The minimum absolute atomic E-state index is 0.170. The first-order valence-electron chi connectivity index (χ1n) is 11.7. The summed E-state index contributed by atoms with van der Waals surface area (Å²) in [6.07, 6.45) is 4.12. The molecule has 3 N–H and O–H groups in total. The van der Waals surface area contributed by atoms with Crippen LogP contribution in [0.1, 0.15) is 70.7 Å². The fourth-order valence-electron chi connectivity index (χ4n) is 4.00. The molecule has 0 saturated heterocycles. The van der Waals surface area contributed by atoms with Crippen LogP contribution in [0.3, 0.4) is 0 Å². The molecule has 1 aromatic carbocycles. The van der Waals surface area contributed by atoms with Crippen molar-refractivity contribution in [2.75, 3.05) is 32.0 Å². The van der Waals surface area contributed by atoms with Gasteiger partial charge in [0, 0.05) is 36.6 Å². The zero-order valence-corrected chi connectivity index (χ0v) is 21.7. The van der Waals surface area contributed by atoms with Gasteiger partial charge >= 0.3 is 0 Å². The van der Waals surface area contributed by atoms with Crippen molar-refractivity contribution in [1.29, 1.82) is 0 Å². The normalized spacial score (nSPS) is 14.2. The molecule has 0 aliphatic carbocycles. The number of hydrogen-bond acceptors (Lipinski definition) is 6. The zero-order chi connectivity index (χ0) is 24.9. The Labute approximate surface area is 206 Å². The summed E-state index contributed by atoms with van der Waals surface area (Å²) in [7, 11) is -1.63. The van der Waals surface area contributed by atoms with Crippen LogP contribution in [-0.2, 0) is 23.0 Å². The number of likely N-dealkylation sites (N-methyl/N-ethyl adjacent to an activating group) is 1. The number of anilines is 1. The quantitative estimate of drug-likeness (QED) is 0.483. The second-order valence-electron chi connectivity index (χ2n) is 8.65. The van der Waals surface area contributed by atoms with Gasteiger partial charge in [0.25, 0.3) is 11.8 Å². The highest BCUT2D eigenvalue weighted by molar-refractivity contribution is 7.89. The number of sulfonamides is 1. The Morgan fingerprint density at radius 1 is 1.12 bits per heavy atom. The lowest BCUT2D eigenvalue weighted by molar-refractivity contribution is 0.1000. The number of benzene rings is 1. The van der Waals surface area contributed by atoms with E-state index in [9.17, 15) is 18.0 Å². The molecular formula is C24H34N4O4S2. The van der Waals surface area contributed by atoms with Gasteiger partial charge in [-0.1, -0.05) is 26.7 Å². The third kappa shape index (κ3) is 5.86. The van der Waals surface area contributed by atoms with Gasteiger partial charge in [-0.3, -0.25) is 9.59 Å². The van der Waals surface area contributed by atoms with Crippen LogP contribution in [0, 0.1) is 0 Å². The van der Waals surface area contributed by atoms with Gasteiger partial charge in [-0.15, -0.1) is 11.3 Å². The summed E-state index contributed by atoms with van der Waals surface area (Å²) >= 11 is 1.37. The van der Waals surface area contributed by atoms with E-state index in [2.05, 4.69) is 10.2 Å². The molecule has 1 aliphatic heterocycles. The Hall–Kier alpha value is -2.27. The van der Waals surface area contributed by atoms with Crippen LogP contribution in [0.25, 0.3) is 0 Å². The summed E-state index contributed by atoms with van der Waals surface area (Å²) in [5, 5.41) is 3.26. The Bertz CT molecular complexity index is 1120. The molecule has 0 radical (unpaired) electrons. The first-order chi connectivity index (χ1) is 16.2. The molecular weight excluding hydrogens is 472 g/mol. The Morgan fingerprint density at radius 3 is 2.29 bits per heavy atom. The van der Waals surface area contributed by atoms with Gasteiger partial charge in [0.1, 0.15) is 5.00 Å². The predicted octanol–water partition coefficient (Wildman–Crippen LogP) is 3.68. The second-order valence-corrected chi connectivity index (χ2v) is 11.7. The number of nitrogens with one attached hydrogen (secondary N) is 1. The van der Waals surface area contributed by atoms with Gasteiger partial charge in [-0.2, -0.15) is 4.31 Å². The summed E-state index contributed by atoms with van der Waals surface area (Å²) in [6.45, 7) is 6.55. The van der Waals surface area contributed by atoms with Crippen molar-refractivity contribution >= 4 is 38.2 Å². The molecule has 0 spiro atoms. The molecule has 2 heterocycles. The molecule has 1 aliphatic rings. The molecule has 10 heteroatoms. The molecule has 0 atom stereocenters. The van der Waals surface area contributed by atoms with E-state index in [0.717, 1.165) is 42.7 Å². The minimum Gasteiger partial charge on any atom is -0.365 e. The van der Waals surface area contributed by atoms with Crippen LogP contribution < -0.4 is 11.1 Å². The van der Waals surface area contributed by atoms with Crippen LogP contribution in [0.4, 0.5) is 5.00 Å². The fraction of sp³-hybridized carbons (Fsp3) is 0.500. The maximum absolute atomic E-state index is 13.1. The van der Waals surface area contributed by atoms with Crippen LogP contribution in [0.15, 0.2) is 29.2 Å². The molecule has 3 rings (SSSR count). The van der Waals surface area contributed by atoms with E-state index in [1.165, 1.54) is 39.9 Å². The van der Waals surface area contributed by atoms with E-state index < -0.39 is 21.8 Å². The van der Waals surface area contributed by atoms with Crippen molar-refractivity contribution in [2.45, 2.75) is 57.4 Å². The Kier molecular flexibility index (Phi) is 8.86. The minimum atomic E-state index is -3.63. The second kappa shape index (κ2) is 11.4. The van der Waals surface area contributed by atoms with Crippen LogP contribution in [-0.4, -0.2) is 56.1 Å². The van der Waals surface area contributed by atoms with Crippen molar-refractivity contribution in [1.82, 2.24) is 9.21 Å². The SMILES string of the molecule is CCCCN(CCCC)S(=O)(=O)c1ccc(C(=O)Nc2sc3c(c2C(N)=O)CCN(C)C3)cc1. The van der Waals surface area contributed by atoms with Crippen molar-refractivity contribution < 1.29 is 18.0 Å². The van der Waals surface area contributed by atoms with Crippen molar-refractivity contribution in [3.63, 3.8) is 0 Å². The molecule has 0 saturated carbocycles. The number of nitrogens with zero attached hydrogens (tertiary/aromatic N) is 2. The summed E-state index contributed by atoms with van der Waals surface area (Å²) in [6, 6.07) is 5.95.